The number of carbonyl (C=O) groups excluding carboxylic acids is 1. The van der Waals surface area contributed by atoms with Gasteiger partial charge in [0.2, 0.25) is 13.0 Å². The van der Waals surface area contributed by atoms with Crippen LogP contribution in [0.2, 0.25) is 0 Å². The number of hydrogen-bond donors (Lipinski definition) is 1. The van der Waals surface area contributed by atoms with Crippen molar-refractivity contribution in [2.75, 3.05) is 6.79 Å². The van der Waals surface area contributed by atoms with Gasteiger partial charge < -0.3 is 14.2 Å². The molecule has 1 fully saturated rings. The van der Waals surface area contributed by atoms with Gasteiger partial charge in [-0.15, -0.1) is 4.99 Å². The van der Waals surface area contributed by atoms with Crippen molar-refractivity contribution in [2.24, 2.45) is 4.99 Å². The Bertz CT molecular complexity index is 993. The largest absolute Gasteiger partial charge is 0.489 e. The summed E-state index contributed by atoms with van der Waals surface area (Å²) >= 11 is 1.13. The smallest absolute Gasteiger partial charge is 0.264 e. The monoisotopic (exact) mass is 379 g/mol. The van der Waals surface area contributed by atoms with Crippen LogP contribution in [0.15, 0.2) is 52.4 Å². The van der Waals surface area contributed by atoms with Gasteiger partial charge in [-0.1, -0.05) is 18.2 Å². The van der Waals surface area contributed by atoms with Gasteiger partial charge in [-0.2, -0.15) is 5.26 Å². The number of rotatable bonds is 4. The second-order valence-corrected chi connectivity index (χ2v) is 6.66. The van der Waals surface area contributed by atoms with E-state index in [-0.39, 0.29) is 17.9 Å². The lowest BCUT2D eigenvalue weighted by Crippen LogP contribution is -2.19. The van der Waals surface area contributed by atoms with Crippen LogP contribution in [0.3, 0.4) is 0 Å². The first-order chi connectivity index (χ1) is 13.2. The predicted molar refractivity (Wildman–Crippen MR) is 100 cm³/mol. The summed E-state index contributed by atoms with van der Waals surface area (Å²) in [4.78, 5) is 15.9. The van der Waals surface area contributed by atoms with Crippen molar-refractivity contribution >= 4 is 28.9 Å². The lowest BCUT2D eigenvalue weighted by Gasteiger charge is -2.07. The zero-order chi connectivity index (χ0) is 18.6. The fourth-order valence-corrected chi connectivity index (χ4v) is 3.31. The molecule has 7 nitrogen and oxygen atoms in total. The molecule has 2 aliphatic rings. The molecule has 2 aromatic carbocycles. The van der Waals surface area contributed by atoms with Gasteiger partial charge in [-0.3, -0.25) is 10.1 Å². The lowest BCUT2D eigenvalue weighted by molar-refractivity contribution is -0.115. The van der Waals surface area contributed by atoms with Crippen LogP contribution in [0.25, 0.3) is 6.08 Å². The van der Waals surface area contributed by atoms with E-state index in [1.165, 1.54) is 0 Å². The maximum atomic E-state index is 11.8. The van der Waals surface area contributed by atoms with Crippen molar-refractivity contribution in [3.8, 4) is 23.4 Å². The summed E-state index contributed by atoms with van der Waals surface area (Å²) in [5.41, 5.74) is 1.83. The Morgan fingerprint density at radius 2 is 2.04 bits per heavy atom. The van der Waals surface area contributed by atoms with Crippen LogP contribution in [-0.2, 0) is 11.4 Å². The number of amidine groups is 1. The van der Waals surface area contributed by atoms with Crippen LogP contribution in [0.4, 0.5) is 0 Å². The molecular formula is C19H13N3O4S. The Balaban J connectivity index is 1.39. The SMILES string of the molecule is N#CN=C1NC(=O)C(=Cc2ccc(OCc3ccc4c(c3)OCO4)cc2)S1. The molecule has 0 aromatic heterocycles. The molecule has 27 heavy (non-hydrogen) atoms. The third kappa shape index (κ3) is 3.88. The van der Waals surface area contributed by atoms with Crippen molar-refractivity contribution in [3.05, 3.63) is 58.5 Å². The first-order valence-corrected chi connectivity index (χ1v) is 8.82. The fourth-order valence-electron chi connectivity index (χ4n) is 2.53. The summed E-state index contributed by atoms with van der Waals surface area (Å²) in [7, 11) is 0. The normalized spacial score (nSPS) is 17.8. The number of ether oxygens (including phenoxy) is 3. The van der Waals surface area contributed by atoms with Crippen LogP contribution in [0.5, 0.6) is 17.2 Å². The molecule has 0 radical (unpaired) electrons. The van der Waals surface area contributed by atoms with E-state index >= 15 is 0 Å². The van der Waals surface area contributed by atoms with Crippen molar-refractivity contribution in [3.63, 3.8) is 0 Å². The second kappa shape index (κ2) is 7.43. The van der Waals surface area contributed by atoms with Crippen LogP contribution >= 0.6 is 11.8 Å². The summed E-state index contributed by atoms with van der Waals surface area (Å²) in [5, 5.41) is 11.4. The highest BCUT2D eigenvalue weighted by atomic mass is 32.2. The van der Waals surface area contributed by atoms with Crippen molar-refractivity contribution in [1.29, 1.82) is 5.26 Å². The average Bonchev–Trinajstić information content (AvgIpc) is 3.27. The molecule has 1 amide bonds. The first-order valence-electron chi connectivity index (χ1n) is 8.00. The van der Waals surface area contributed by atoms with Crippen LogP contribution in [-0.4, -0.2) is 17.9 Å². The standard InChI is InChI=1S/C19H13N3O4S/c20-10-21-19-22-18(23)17(27-19)8-12-1-4-14(5-2-12)24-9-13-3-6-15-16(7-13)26-11-25-15/h1-8H,9,11H2,(H,21,22,23). The predicted octanol–water partition coefficient (Wildman–Crippen LogP) is 3.04. The van der Waals surface area contributed by atoms with E-state index in [9.17, 15) is 4.79 Å². The van der Waals surface area contributed by atoms with Crippen LogP contribution in [0, 0.1) is 11.5 Å². The third-order valence-corrected chi connectivity index (χ3v) is 4.73. The highest BCUT2D eigenvalue weighted by Crippen LogP contribution is 2.33. The molecule has 8 heteroatoms. The maximum absolute atomic E-state index is 11.8. The zero-order valence-electron chi connectivity index (χ0n) is 14.0. The van der Waals surface area contributed by atoms with Gasteiger partial charge >= 0.3 is 0 Å². The van der Waals surface area contributed by atoms with Crippen molar-refractivity contribution in [2.45, 2.75) is 6.61 Å². The molecule has 2 aliphatic heterocycles. The number of aliphatic imine (C=N–C) groups is 1. The molecule has 2 aromatic rings. The number of benzene rings is 2. The molecule has 1 saturated heterocycles. The Morgan fingerprint density at radius 3 is 2.85 bits per heavy atom. The summed E-state index contributed by atoms with van der Waals surface area (Å²) in [6, 6.07) is 13.1. The van der Waals surface area contributed by atoms with Gasteiger partial charge in [0.15, 0.2) is 16.7 Å². The molecular weight excluding hydrogens is 366 g/mol. The van der Waals surface area contributed by atoms with E-state index in [2.05, 4.69) is 10.3 Å². The number of nitrogens with zero attached hydrogens (tertiary/aromatic N) is 2. The number of amides is 1. The number of nitrogens with one attached hydrogen (secondary N) is 1. The summed E-state index contributed by atoms with van der Waals surface area (Å²) in [5.74, 6) is 1.92. The zero-order valence-corrected chi connectivity index (χ0v) is 14.8. The topological polar surface area (TPSA) is 92.9 Å². The molecule has 0 saturated carbocycles. The van der Waals surface area contributed by atoms with Crippen molar-refractivity contribution in [1.82, 2.24) is 5.32 Å². The van der Waals surface area contributed by atoms with E-state index < -0.39 is 0 Å². The number of hydrogen-bond acceptors (Lipinski definition) is 7. The van der Waals surface area contributed by atoms with Gasteiger partial charge in [-0.25, -0.2) is 0 Å². The Labute approximate surface area is 159 Å². The minimum Gasteiger partial charge on any atom is -0.489 e. The number of nitriles is 1. The molecule has 0 bridgehead atoms. The van der Waals surface area contributed by atoms with Crippen LogP contribution in [0.1, 0.15) is 11.1 Å². The highest BCUT2D eigenvalue weighted by Gasteiger charge is 2.23. The molecule has 0 unspecified atom stereocenters. The van der Waals surface area contributed by atoms with E-state index in [4.69, 9.17) is 19.5 Å². The van der Waals surface area contributed by atoms with E-state index in [0.717, 1.165) is 34.4 Å². The van der Waals surface area contributed by atoms with Gasteiger partial charge in [0, 0.05) is 0 Å². The molecule has 0 spiro atoms. The highest BCUT2D eigenvalue weighted by molar-refractivity contribution is 8.18. The van der Waals surface area contributed by atoms with Gasteiger partial charge in [-0.05, 0) is 53.2 Å². The van der Waals surface area contributed by atoms with Crippen molar-refractivity contribution < 1.29 is 19.0 Å². The number of thioether (sulfide) groups is 1. The van der Waals surface area contributed by atoms with Gasteiger partial charge in [0.25, 0.3) is 5.91 Å². The van der Waals surface area contributed by atoms with Crippen LogP contribution < -0.4 is 19.5 Å². The summed E-state index contributed by atoms with van der Waals surface area (Å²) in [6.45, 7) is 0.653. The molecule has 134 valence electrons. The van der Waals surface area contributed by atoms with E-state index in [1.54, 1.807) is 12.3 Å². The number of carbonyl (C=O) groups is 1. The third-order valence-electron chi connectivity index (χ3n) is 3.82. The molecule has 0 atom stereocenters. The minimum absolute atomic E-state index is 0.247. The average molecular weight is 379 g/mol. The first kappa shape index (κ1) is 17.0. The fraction of sp³-hybridized carbons (Fsp3) is 0.105. The maximum Gasteiger partial charge on any atom is 0.264 e. The quantitative estimate of drug-likeness (QED) is 0.648. The second-order valence-electron chi connectivity index (χ2n) is 5.63. The Hall–Kier alpha value is -3.44. The lowest BCUT2D eigenvalue weighted by atomic mass is 10.2. The van der Waals surface area contributed by atoms with Gasteiger partial charge in [0.05, 0.1) is 4.91 Å². The minimum atomic E-state index is -0.267. The Morgan fingerprint density at radius 1 is 1.22 bits per heavy atom. The van der Waals surface area contributed by atoms with E-state index in [0.29, 0.717) is 17.3 Å². The number of fused-ring (bicyclic) bond motifs is 1. The summed E-state index contributed by atoms with van der Waals surface area (Å²) < 4.78 is 16.4. The molecule has 2 heterocycles. The molecule has 4 rings (SSSR count). The van der Waals surface area contributed by atoms with Gasteiger partial charge in [0.1, 0.15) is 12.4 Å². The summed E-state index contributed by atoms with van der Waals surface area (Å²) in [6.07, 6.45) is 3.39. The van der Waals surface area contributed by atoms with E-state index in [1.807, 2.05) is 42.5 Å². The molecule has 1 N–H and O–H groups in total. The Kier molecular flexibility index (Phi) is 4.68. The molecule has 0 aliphatic carbocycles.